The molecular formula is C37H48N4O. The molecule has 2 atom stereocenters. The summed E-state index contributed by atoms with van der Waals surface area (Å²) in [6.07, 6.45) is -0.793. The highest BCUT2D eigenvalue weighted by molar-refractivity contribution is 5.56. The minimum Gasteiger partial charge on any atom is -0.385 e. The van der Waals surface area contributed by atoms with Crippen LogP contribution in [-0.4, -0.2) is 52.2 Å². The van der Waals surface area contributed by atoms with Gasteiger partial charge in [0.2, 0.25) is 0 Å². The van der Waals surface area contributed by atoms with Gasteiger partial charge in [0.1, 0.15) is 11.9 Å². The van der Waals surface area contributed by atoms with Crippen molar-refractivity contribution in [2.75, 3.05) is 26.2 Å². The van der Waals surface area contributed by atoms with Crippen LogP contribution in [0.4, 0.5) is 0 Å². The van der Waals surface area contributed by atoms with Crippen LogP contribution in [-0.2, 0) is 10.8 Å². The molecule has 0 aliphatic carbocycles. The van der Waals surface area contributed by atoms with Crippen LogP contribution in [0.3, 0.4) is 0 Å². The summed E-state index contributed by atoms with van der Waals surface area (Å²) in [4.78, 5) is 11.0. The Balaban J connectivity index is 1.69. The van der Waals surface area contributed by atoms with Gasteiger partial charge in [-0.2, -0.15) is 0 Å². The van der Waals surface area contributed by atoms with Crippen molar-refractivity contribution < 1.29 is 5.11 Å². The maximum Gasteiger partial charge on any atom is 0.137 e. The highest BCUT2D eigenvalue weighted by Gasteiger charge is 2.39. The number of aliphatic hydroxyl groups is 1. The summed E-state index contributed by atoms with van der Waals surface area (Å²) in [6, 6.07) is 28.0. The molecule has 222 valence electrons. The first kappa shape index (κ1) is 30.2. The maximum atomic E-state index is 12.5. The van der Waals surface area contributed by atoms with Gasteiger partial charge in [0.15, 0.2) is 0 Å². The van der Waals surface area contributed by atoms with E-state index in [2.05, 4.69) is 117 Å². The predicted octanol–water partition coefficient (Wildman–Crippen LogP) is 7.12. The zero-order chi connectivity index (χ0) is 30.1. The van der Waals surface area contributed by atoms with Crippen molar-refractivity contribution in [3.05, 3.63) is 113 Å². The van der Waals surface area contributed by atoms with Crippen LogP contribution in [0.2, 0.25) is 0 Å². The van der Waals surface area contributed by atoms with E-state index in [0.29, 0.717) is 0 Å². The molecule has 0 saturated carbocycles. The number of aliphatic hydroxyl groups excluding tert-OH is 1. The van der Waals surface area contributed by atoms with Crippen LogP contribution in [0.1, 0.15) is 87.2 Å². The van der Waals surface area contributed by atoms with Gasteiger partial charge in [0, 0.05) is 43.4 Å². The topological polar surface area (TPSA) is 64.2 Å². The van der Waals surface area contributed by atoms with Crippen LogP contribution in [0, 0.1) is 6.92 Å². The van der Waals surface area contributed by atoms with E-state index in [1.807, 2.05) is 25.1 Å². The van der Waals surface area contributed by atoms with Gasteiger partial charge in [-0.15, -0.1) is 0 Å². The van der Waals surface area contributed by atoms with E-state index >= 15 is 0 Å². The molecule has 5 rings (SSSR count). The molecule has 4 aromatic rings. The first-order valence-electron chi connectivity index (χ1n) is 15.4. The number of imidazole rings is 1. The molecule has 42 heavy (non-hydrogen) atoms. The van der Waals surface area contributed by atoms with E-state index in [9.17, 15) is 5.11 Å². The van der Waals surface area contributed by atoms with Gasteiger partial charge in [-0.1, -0.05) is 120 Å². The maximum absolute atomic E-state index is 12.5. The summed E-state index contributed by atoms with van der Waals surface area (Å²) in [6.45, 7) is 19.2. The van der Waals surface area contributed by atoms with Crippen molar-refractivity contribution in [2.45, 2.75) is 77.4 Å². The minimum absolute atomic E-state index is 0.0142. The number of hydrogen-bond donors (Lipinski definition) is 3. The number of aromatic amines is 1. The van der Waals surface area contributed by atoms with Gasteiger partial charge in [0.25, 0.3) is 0 Å². The second kappa shape index (κ2) is 12.2. The van der Waals surface area contributed by atoms with E-state index in [1.165, 1.54) is 22.3 Å². The van der Waals surface area contributed by atoms with Gasteiger partial charge in [0.05, 0.1) is 11.7 Å². The molecule has 1 saturated heterocycles. The van der Waals surface area contributed by atoms with Crippen molar-refractivity contribution in [3.8, 4) is 11.4 Å². The molecule has 0 radical (unpaired) electrons. The number of rotatable bonds is 7. The Morgan fingerprint density at radius 3 is 1.83 bits per heavy atom. The molecule has 1 fully saturated rings. The lowest BCUT2D eigenvalue weighted by Crippen LogP contribution is -2.52. The standard InChI is InChI=1S/C37H48N4O/c1-25-32(40-35(39-25)26-13-9-8-10-14-26)34(42)33(41-21-19-38-20-22-41)31(27-15-11-17-29(23-27)36(2,3)4)28-16-12-18-30(24-28)37(5,6)7/h8-18,23-24,31,33-34,38,42H,19-22H2,1-7H3,(H,39,40). The Kier molecular flexibility index (Phi) is 8.75. The van der Waals surface area contributed by atoms with Gasteiger partial charge in [-0.3, -0.25) is 4.90 Å². The molecule has 1 aliphatic rings. The zero-order valence-electron chi connectivity index (χ0n) is 26.4. The molecule has 1 aromatic heterocycles. The third-order valence-corrected chi connectivity index (χ3v) is 8.71. The van der Waals surface area contributed by atoms with Gasteiger partial charge < -0.3 is 15.4 Å². The molecule has 3 aromatic carbocycles. The number of H-pyrrole nitrogens is 1. The molecule has 2 heterocycles. The third-order valence-electron chi connectivity index (χ3n) is 8.71. The summed E-state index contributed by atoms with van der Waals surface area (Å²) in [5.74, 6) is 0.737. The normalized spacial score (nSPS) is 16.5. The van der Waals surface area contributed by atoms with Crippen LogP contribution in [0.25, 0.3) is 11.4 Å². The first-order chi connectivity index (χ1) is 19.9. The molecule has 0 bridgehead atoms. The predicted molar refractivity (Wildman–Crippen MR) is 174 cm³/mol. The van der Waals surface area contributed by atoms with E-state index < -0.39 is 6.10 Å². The summed E-state index contributed by atoms with van der Waals surface area (Å²) in [7, 11) is 0. The van der Waals surface area contributed by atoms with Gasteiger partial charge in [-0.05, 0) is 40.0 Å². The molecule has 5 nitrogen and oxygen atoms in total. The average molecular weight is 565 g/mol. The quantitative estimate of drug-likeness (QED) is 0.224. The number of hydrogen-bond acceptors (Lipinski definition) is 4. The van der Waals surface area contributed by atoms with Crippen LogP contribution in [0.5, 0.6) is 0 Å². The summed E-state index contributed by atoms with van der Waals surface area (Å²) >= 11 is 0. The van der Waals surface area contributed by atoms with E-state index in [1.54, 1.807) is 0 Å². The highest BCUT2D eigenvalue weighted by Crippen LogP contribution is 2.41. The highest BCUT2D eigenvalue weighted by atomic mass is 16.3. The molecule has 1 aliphatic heterocycles. The Labute approximate surface area is 252 Å². The van der Waals surface area contributed by atoms with Crippen molar-refractivity contribution >= 4 is 0 Å². The van der Waals surface area contributed by atoms with Crippen molar-refractivity contribution in [2.24, 2.45) is 0 Å². The largest absolute Gasteiger partial charge is 0.385 e. The Bertz CT molecular complexity index is 1410. The third kappa shape index (κ3) is 6.54. The van der Waals surface area contributed by atoms with E-state index in [-0.39, 0.29) is 22.8 Å². The fourth-order valence-electron chi connectivity index (χ4n) is 6.21. The Morgan fingerprint density at radius 2 is 1.31 bits per heavy atom. The van der Waals surface area contributed by atoms with E-state index in [4.69, 9.17) is 4.98 Å². The van der Waals surface area contributed by atoms with Crippen LogP contribution < -0.4 is 5.32 Å². The number of aromatic nitrogens is 2. The lowest BCUT2D eigenvalue weighted by atomic mass is 9.76. The number of nitrogens with zero attached hydrogens (tertiary/aromatic N) is 2. The van der Waals surface area contributed by atoms with E-state index in [0.717, 1.165) is 49.0 Å². The smallest absolute Gasteiger partial charge is 0.137 e. The molecule has 2 unspecified atom stereocenters. The number of piperazine rings is 1. The van der Waals surface area contributed by atoms with Gasteiger partial charge >= 0.3 is 0 Å². The Hall–Kier alpha value is -3.25. The van der Waals surface area contributed by atoms with Crippen LogP contribution >= 0.6 is 0 Å². The molecule has 0 spiro atoms. The lowest BCUT2D eigenvalue weighted by molar-refractivity contribution is 0.0295. The Morgan fingerprint density at radius 1 is 0.762 bits per heavy atom. The molecule has 5 heteroatoms. The fraction of sp³-hybridized carbons (Fsp3) is 0.432. The summed E-state index contributed by atoms with van der Waals surface area (Å²) < 4.78 is 0. The number of nitrogens with one attached hydrogen (secondary N) is 2. The molecule has 0 amide bonds. The lowest BCUT2D eigenvalue weighted by Gasteiger charge is -2.42. The minimum atomic E-state index is -0.793. The van der Waals surface area contributed by atoms with Crippen molar-refractivity contribution in [1.29, 1.82) is 0 Å². The van der Waals surface area contributed by atoms with Crippen molar-refractivity contribution in [1.82, 2.24) is 20.2 Å². The first-order valence-corrected chi connectivity index (χ1v) is 15.4. The second-order valence-corrected chi connectivity index (χ2v) is 13.9. The summed E-state index contributed by atoms with van der Waals surface area (Å²) in [5, 5.41) is 16.0. The fourth-order valence-corrected chi connectivity index (χ4v) is 6.21. The SMILES string of the molecule is Cc1[nH]c(-c2ccccc2)nc1C(O)C(C(c1cccc(C(C)(C)C)c1)c1cccc(C(C)(C)C)c1)N1CCNCC1. The number of benzene rings is 3. The molecular weight excluding hydrogens is 516 g/mol. The van der Waals surface area contributed by atoms with Crippen LogP contribution in [0.15, 0.2) is 78.9 Å². The summed E-state index contributed by atoms with van der Waals surface area (Å²) in [5.41, 5.74) is 7.74. The zero-order valence-corrected chi connectivity index (χ0v) is 26.4. The average Bonchev–Trinajstić information content (AvgIpc) is 3.37. The van der Waals surface area contributed by atoms with Crippen molar-refractivity contribution in [3.63, 3.8) is 0 Å². The molecule has 3 N–H and O–H groups in total. The number of aryl methyl sites for hydroxylation is 1. The second-order valence-electron chi connectivity index (χ2n) is 13.9. The monoisotopic (exact) mass is 564 g/mol. The van der Waals surface area contributed by atoms with Gasteiger partial charge in [-0.25, -0.2) is 4.98 Å².